The van der Waals surface area contributed by atoms with Gasteiger partial charge in [0.1, 0.15) is 11.4 Å². The van der Waals surface area contributed by atoms with Gasteiger partial charge < -0.3 is 19.2 Å². The molecular formula is C32H22BrFN4O5. The summed E-state index contributed by atoms with van der Waals surface area (Å²) in [6.07, 6.45) is 1.42. The monoisotopic (exact) mass is 640 g/mol. The number of furan rings is 1. The van der Waals surface area contributed by atoms with Crippen molar-refractivity contribution >= 4 is 55.6 Å². The van der Waals surface area contributed by atoms with E-state index in [9.17, 15) is 14.0 Å². The number of fused-ring (bicyclic) bond motifs is 2. The number of nitrogens with zero attached hydrogens (tertiary/aromatic N) is 3. The van der Waals surface area contributed by atoms with Gasteiger partial charge in [-0.1, -0.05) is 46.3 Å². The summed E-state index contributed by atoms with van der Waals surface area (Å²) in [5.74, 6) is 0.229. The normalized spacial score (nSPS) is 11.3. The molecule has 0 aliphatic carbocycles. The fourth-order valence-corrected chi connectivity index (χ4v) is 4.92. The van der Waals surface area contributed by atoms with Crippen LogP contribution >= 0.6 is 15.9 Å². The summed E-state index contributed by atoms with van der Waals surface area (Å²) in [7, 11) is 1.46. The molecule has 0 bridgehead atoms. The fourth-order valence-electron chi connectivity index (χ4n) is 4.46. The van der Waals surface area contributed by atoms with E-state index in [-0.39, 0.29) is 18.2 Å². The average Bonchev–Trinajstić information content (AvgIpc) is 3.45. The Morgan fingerprint density at radius 2 is 1.84 bits per heavy atom. The molecule has 0 aliphatic heterocycles. The predicted molar refractivity (Wildman–Crippen MR) is 165 cm³/mol. The fraction of sp³-hybridized carbons (Fsp3) is 0.0625. The van der Waals surface area contributed by atoms with E-state index in [1.54, 1.807) is 42.5 Å². The summed E-state index contributed by atoms with van der Waals surface area (Å²) in [5.41, 5.74) is 1.56. The Bertz CT molecular complexity index is 2040. The molecule has 6 rings (SSSR count). The highest BCUT2D eigenvalue weighted by Gasteiger charge is 2.18. The van der Waals surface area contributed by atoms with Crippen LogP contribution in [0.25, 0.3) is 33.5 Å². The highest BCUT2D eigenvalue weighted by Crippen LogP contribution is 2.34. The Kier molecular flexibility index (Phi) is 7.71. The Balaban J connectivity index is 1.39. The van der Waals surface area contributed by atoms with E-state index in [2.05, 4.69) is 26.3 Å². The van der Waals surface area contributed by atoms with Crippen molar-refractivity contribution in [1.29, 1.82) is 0 Å². The van der Waals surface area contributed by atoms with Crippen molar-refractivity contribution in [3.05, 3.63) is 117 Å². The topological polar surface area (TPSA) is 108 Å². The Morgan fingerprint density at radius 1 is 1.07 bits per heavy atom. The first-order chi connectivity index (χ1) is 20.9. The summed E-state index contributed by atoms with van der Waals surface area (Å²) in [4.78, 5) is 31.0. The molecule has 2 aromatic heterocycles. The number of halogens is 2. The Morgan fingerprint density at radius 3 is 2.63 bits per heavy atom. The number of carbonyl (C=O) groups excluding carboxylic acids is 1. The van der Waals surface area contributed by atoms with Crippen molar-refractivity contribution in [1.82, 2.24) is 9.66 Å². The number of para-hydroxylation sites is 2. The minimum absolute atomic E-state index is 0.208. The summed E-state index contributed by atoms with van der Waals surface area (Å²) >= 11 is 3.46. The number of rotatable bonds is 8. The number of anilines is 1. The lowest BCUT2D eigenvalue weighted by Gasteiger charge is -2.14. The van der Waals surface area contributed by atoms with Crippen molar-refractivity contribution < 1.29 is 23.1 Å². The standard InChI is InChI=1S/C32H22BrFN4O5/c1-41-27-16-21(33)14-20(30(27)42-18-29(39)36-23-12-10-22(34)11-13-23)17-35-38-31(28-15-19-6-2-5-9-26(19)43-28)37-25-8-4-3-7-24(25)32(38)40/h2-17H,18H2,1H3,(H,36,39). The quantitative estimate of drug-likeness (QED) is 0.187. The largest absolute Gasteiger partial charge is 0.493 e. The molecule has 0 saturated carbocycles. The lowest BCUT2D eigenvalue weighted by atomic mass is 10.2. The lowest BCUT2D eigenvalue weighted by molar-refractivity contribution is -0.118. The zero-order valence-corrected chi connectivity index (χ0v) is 24.2. The summed E-state index contributed by atoms with van der Waals surface area (Å²) in [6.45, 7) is -0.377. The van der Waals surface area contributed by atoms with Crippen LogP contribution in [0.15, 0.2) is 110 Å². The number of ether oxygens (including phenoxy) is 2. The molecule has 0 spiro atoms. The molecule has 1 N–H and O–H groups in total. The average molecular weight is 641 g/mol. The third kappa shape index (κ3) is 5.88. The summed E-state index contributed by atoms with van der Waals surface area (Å²) < 4.78 is 32.4. The van der Waals surface area contributed by atoms with Gasteiger partial charge in [-0.25, -0.2) is 9.37 Å². The second kappa shape index (κ2) is 11.9. The molecule has 0 saturated heterocycles. The molecule has 1 amide bonds. The van der Waals surface area contributed by atoms with Gasteiger partial charge in [0.15, 0.2) is 23.9 Å². The summed E-state index contributed by atoms with van der Waals surface area (Å²) in [5, 5.41) is 8.39. The van der Waals surface area contributed by atoms with Gasteiger partial charge in [-0.05, 0) is 60.7 Å². The maximum absolute atomic E-state index is 13.7. The molecule has 0 radical (unpaired) electrons. The zero-order chi connectivity index (χ0) is 29.9. The Hall–Kier alpha value is -5.29. The highest BCUT2D eigenvalue weighted by molar-refractivity contribution is 9.10. The molecule has 9 nitrogen and oxygen atoms in total. The van der Waals surface area contributed by atoms with E-state index in [0.717, 1.165) is 5.39 Å². The van der Waals surface area contributed by atoms with E-state index in [1.807, 2.05) is 24.3 Å². The van der Waals surface area contributed by atoms with Gasteiger partial charge in [0.05, 0.1) is 24.2 Å². The SMILES string of the molecule is COc1cc(Br)cc(C=Nn2c(-c3cc4ccccc4o3)nc3ccccc3c2=O)c1OCC(=O)Nc1ccc(F)cc1. The van der Waals surface area contributed by atoms with Crippen LogP contribution in [0.2, 0.25) is 0 Å². The first-order valence-electron chi connectivity index (χ1n) is 13.0. The molecule has 11 heteroatoms. The second-order valence-electron chi connectivity index (χ2n) is 9.33. The number of hydrogen-bond acceptors (Lipinski definition) is 7. The minimum atomic E-state index is -0.471. The van der Waals surface area contributed by atoms with Crippen LogP contribution in [0, 0.1) is 5.82 Å². The van der Waals surface area contributed by atoms with E-state index >= 15 is 0 Å². The molecule has 214 valence electrons. The maximum Gasteiger partial charge on any atom is 0.282 e. The van der Waals surface area contributed by atoms with Gasteiger partial charge in [0.25, 0.3) is 11.5 Å². The molecule has 0 fully saturated rings. The van der Waals surface area contributed by atoms with Crippen molar-refractivity contribution in [2.45, 2.75) is 0 Å². The number of nitrogens with one attached hydrogen (secondary N) is 1. The first kappa shape index (κ1) is 27.9. The number of aromatic nitrogens is 2. The lowest BCUT2D eigenvalue weighted by Crippen LogP contribution is -2.21. The van der Waals surface area contributed by atoms with Crippen LogP contribution in [0.3, 0.4) is 0 Å². The van der Waals surface area contributed by atoms with Crippen molar-refractivity contribution in [3.8, 4) is 23.1 Å². The molecule has 0 atom stereocenters. The smallest absolute Gasteiger partial charge is 0.282 e. The van der Waals surface area contributed by atoms with Crippen LogP contribution in [-0.4, -0.2) is 35.5 Å². The molecule has 0 aliphatic rings. The van der Waals surface area contributed by atoms with Gasteiger partial charge in [-0.15, -0.1) is 0 Å². The number of carbonyl (C=O) groups is 1. The molecule has 6 aromatic rings. The minimum Gasteiger partial charge on any atom is -0.493 e. The van der Waals surface area contributed by atoms with Crippen molar-refractivity contribution in [2.24, 2.45) is 5.10 Å². The second-order valence-corrected chi connectivity index (χ2v) is 10.2. The predicted octanol–water partition coefficient (Wildman–Crippen LogP) is 6.62. The molecular weight excluding hydrogens is 619 g/mol. The van der Waals surface area contributed by atoms with E-state index in [0.29, 0.717) is 43.7 Å². The van der Waals surface area contributed by atoms with Crippen LogP contribution < -0.4 is 20.3 Å². The molecule has 43 heavy (non-hydrogen) atoms. The van der Waals surface area contributed by atoms with E-state index < -0.39 is 17.3 Å². The van der Waals surface area contributed by atoms with Crippen molar-refractivity contribution in [2.75, 3.05) is 19.0 Å². The van der Waals surface area contributed by atoms with Crippen LogP contribution in [-0.2, 0) is 4.79 Å². The third-order valence-electron chi connectivity index (χ3n) is 6.46. The van der Waals surface area contributed by atoms with Crippen LogP contribution in [0.5, 0.6) is 11.5 Å². The molecule has 0 unspecified atom stereocenters. The van der Waals surface area contributed by atoms with Crippen LogP contribution in [0.4, 0.5) is 10.1 Å². The van der Waals surface area contributed by atoms with Gasteiger partial charge >= 0.3 is 0 Å². The van der Waals surface area contributed by atoms with E-state index in [1.165, 1.54) is 42.3 Å². The van der Waals surface area contributed by atoms with Gasteiger partial charge in [-0.2, -0.15) is 9.78 Å². The maximum atomic E-state index is 13.7. The zero-order valence-electron chi connectivity index (χ0n) is 22.6. The number of benzene rings is 4. The van der Waals surface area contributed by atoms with Gasteiger partial charge in [-0.3, -0.25) is 9.59 Å². The number of amides is 1. The number of hydrogen-bond donors (Lipinski definition) is 1. The number of methoxy groups -OCH3 is 1. The molecule has 4 aromatic carbocycles. The highest BCUT2D eigenvalue weighted by atomic mass is 79.9. The Labute approximate surface area is 252 Å². The summed E-state index contributed by atoms with van der Waals surface area (Å²) in [6, 6.07) is 25.0. The third-order valence-corrected chi connectivity index (χ3v) is 6.91. The van der Waals surface area contributed by atoms with E-state index in [4.69, 9.17) is 18.9 Å². The van der Waals surface area contributed by atoms with Crippen LogP contribution in [0.1, 0.15) is 5.56 Å². The first-order valence-corrected chi connectivity index (χ1v) is 13.8. The molecule has 2 heterocycles. The van der Waals surface area contributed by atoms with Crippen molar-refractivity contribution in [3.63, 3.8) is 0 Å². The van der Waals surface area contributed by atoms with Gasteiger partial charge in [0, 0.05) is 21.1 Å². The van der Waals surface area contributed by atoms with Gasteiger partial charge in [0.2, 0.25) is 5.82 Å².